The molecule has 3 aromatic rings. The number of carbonyl (C=O) groups is 1. The van der Waals surface area contributed by atoms with E-state index < -0.39 is 0 Å². The Kier molecular flexibility index (Phi) is 4.51. The number of carbonyl (C=O) groups excluding carboxylic acids is 1. The monoisotopic (exact) mass is 346 g/mol. The second-order valence-electron chi connectivity index (χ2n) is 6.11. The molecule has 26 heavy (non-hydrogen) atoms. The summed E-state index contributed by atoms with van der Waals surface area (Å²) in [6.07, 6.45) is 5.92. The van der Waals surface area contributed by atoms with Crippen LogP contribution in [0.2, 0.25) is 0 Å². The standard InChI is InChI=1S/C19H18N6O/c26-17(14-5-2-1-3-6-14)25-12-8-15(13-25)16-7-11-22-19(23-16)24-18-20-9-4-10-21-18/h1-7,9-11,15H,8,12-13H2,(H,20,21,22,23,24)/t15-/m0/s1. The summed E-state index contributed by atoms with van der Waals surface area (Å²) >= 11 is 0. The molecule has 0 spiro atoms. The van der Waals surface area contributed by atoms with Gasteiger partial charge < -0.3 is 4.90 Å². The van der Waals surface area contributed by atoms with Gasteiger partial charge in [-0.25, -0.2) is 19.9 Å². The molecule has 1 saturated heterocycles. The van der Waals surface area contributed by atoms with Gasteiger partial charge in [-0.05, 0) is 30.7 Å². The SMILES string of the molecule is O=C(c1ccccc1)N1CC[C@H](c2ccnc(Nc3ncccn3)n2)C1. The smallest absolute Gasteiger partial charge is 0.253 e. The molecular formula is C19H18N6O. The van der Waals surface area contributed by atoms with Crippen LogP contribution in [0.4, 0.5) is 11.9 Å². The first kappa shape index (κ1) is 16.1. The van der Waals surface area contributed by atoms with Crippen molar-refractivity contribution in [3.63, 3.8) is 0 Å². The fourth-order valence-electron chi connectivity index (χ4n) is 3.07. The Morgan fingerprint density at radius 3 is 2.54 bits per heavy atom. The summed E-state index contributed by atoms with van der Waals surface area (Å²) in [5.74, 6) is 1.18. The maximum atomic E-state index is 12.6. The van der Waals surface area contributed by atoms with Gasteiger partial charge in [0.05, 0.1) is 5.69 Å². The van der Waals surface area contributed by atoms with Crippen LogP contribution in [0, 0.1) is 0 Å². The van der Waals surface area contributed by atoms with Crippen LogP contribution in [-0.2, 0) is 0 Å². The van der Waals surface area contributed by atoms with Gasteiger partial charge in [-0.15, -0.1) is 0 Å². The summed E-state index contributed by atoms with van der Waals surface area (Å²) in [5.41, 5.74) is 1.64. The summed E-state index contributed by atoms with van der Waals surface area (Å²) in [6, 6.07) is 13.0. The molecule has 2 aromatic heterocycles. The summed E-state index contributed by atoms with van der Waals surface area (Å²) < 4.78 is 0. The van der Waals surface area contributed by atoms with Crippen molar-refractivity contribution in [3.05, 3.63) is 72.3 Å². The maximum Gasteiger partial charge on any atom is 0.253 e. The number of hydrogen-bond acceptors (Lipinski definition) is 6. The number of nitrogens with one attached hydrogen (secondary N) is 1. The molecule has 0 radical (unpaired) electrons. The van der Waals surface area contributed by atoms with Crippen molar-refractivity contribution in [3.8, 4) is 0 Å². The van der Waals surface area contributed by atoms with E-state index >= 15 is 0 Å². The Morgan fingerprint density at radius 2 is 1.73 bits per heavy atom. The largest absolute Gasteiger partial charge is 0.338 e. The lowest BCUT2D eigenvalue weighted by molar-refractivity contribution is 0.0790. The average Bonchev–Trinajstić information content (AvgIpc) is 3.19. The fourth-order valence-corrected chi connectivity index (χ4v) is 3.07. The van der Waals surface area contributed by atoms with E-state index in [0.717, 1.165) is 24.2 Å². The minimum atomic E-state index is 0.0678. The molecule has 0 aliphatic carbocycles. The van der Waals surface area contributed by atoms with Crippen LogP contribution in [0.3, 0.4) is 0 Å². The summed E-state index contributed by atoms with van der Waals surface area (Å²) in [7, 11) is 0. The zero-order valence-electron chi connectivity index (χ0n) is 14.1. The molecule has 0 bridgehead atoms. The fraction of sp³-hybridized carbons (Fsp3) is 0.211. The van der Waals surface area contributed by atoms with Crippen LogP contribution >= 0.6 is 0 Å². The maximum absolute atomic E-state index is 12.6. The van der Waals surface area contributed by atoms with E-state index in [9.17, 15) is 4.79 Å². The quantitative estimate of drug-likeness (QED) is 0.782. The average molecular weight is 346 g/mol. The molecule has 7 heteroatoms. The van der Waals surface area contributed by atoms with Gasteiger partial charge in [-0.1, -0.05) is 18.2 Å². The van der Waals surface area contributed by atoms with E-state index in [4.69, 9.17) is 0 Å². The van der Waals surface area contributed by atoms with E-state index in [1.54, 1.807) is 24.7 Å². The van der Waals surface area contributed by atoms with E-state index in [2.05, 4.69) is 25.3 Å². The van der Waals surface area contributed by atoms with Crippen LogP contribution in [0.5, 0.6) is 0 Å². The zero-order valence-corrected chi connectivity index (χ0v) is 14.1. The van der Waals surface area contributed by atoms with Crippen molar-refractivity contribution < 1.29 is 4.79 Å². The Hall–Kier alpha value is -3.35. The molecule has 130 valence electrons. The molecule has 1 aromatic carbocycles. The van der Waals surface area contributed by atoms with Crippen LogP contribution in [0.1, 0.15) is 28.4 Å². The van der Waals surface area contributed by atoms with Crippen LogP contribution in [-0.4, -0.2) is 43.8 Å². The van der Waals surface area contributed by atoms with Crippen molar-refractivity contribution in [2.75, 3.05) is 18.4 Å². The third-order valence-corrected chi connectivity index (χ3v) is 4.38. The molecule has 1 N–H and O–H groups in total. The number of anilines is 2. The highest BCUT2D eigenvalue weighted by Gasteiger charge is 2.29. The van der Waals surface area contributed by atoms with Crippen LogP contribution in [0.25, 0.3) is 0 Å². The minimum Gasteiger partial charge on any atom is -0.338 e. The van der Waals surface area contributed by atoms with E-state index in [0.29, 0.717) is 18.4 Å². The molecule has 1 aliphatic rings. The first-order valence-electron chi connectivity index (χ1n) is 8.51. The van der Waals surface area contributed by atoms with E-state index in [-0.39, 0.29) is 11.8 Å². The van der Waals surface area contributed by atoms with Gasteiger partial charge in [-0.3, -0.25) is 10.1 Å². The predicted molar refractivity (Wildman–Crippen MR) is 97.1 cm³/mol. The molecule has 0 saturated carbocycles. The third kappa shape index (κ3) is 3.51. The topological polar surface area (TPSA) is 83.9 Å². The first-order chi connectivity index (χ1) is 12.8. The molecule has 1 fully saturated rings. The predicted octanol–water partition coefficient (Wildman–Crippen LogP) is 2.64. The number of benzene rings is 1. The van der Waals surface area contributed by atoms with Gasteiger partial charge in [0.15, 0.2) is 0 Å². The lowest BCUT2D eigenvalue weighted by Crippen LogP contribution is -2.28. The first-order valence-corrected chi connectivity index (χ1v) is 8.51. The second kappa shape index (κ2) is 7.26. The summed E-state index contributed by atoms with van der Waals surface area (Å²) in [6.45, 7) is 1.39. The second-order valence-corrected chi connectivity index (χ2v) is 6.11. The Morgan fingerprint density at radius 1 is 0.962 bits per heavy atom. The van der Waals surface area contributed by atoms with Crippen molar-refractivity contribution >= 4 is 17.8 Å². The molecular weight excluding hydrogens is 328 g/mol. The molecule has 0 unspecified atom stereocenters. The lowest BCUT2D eigenvalue weighted by Gasteiger charge is -2.16. The van der Waals surface area contributed by atoms with Gasteiger partial charge >= 0.3 is 0 Å². The number of nitrogens with zero attached hydrogens (tertiary/aromatic N) is 5. The van der Waals surface area contributed by atoms with E-state index in [1.807, 2.05) is 41.3 Å². The molecule has 4 rings (SSSR count). The van der Waals surface area contributed by atoms with Crippen molar-refractivity contribution in [1.82, 2.24) is 24.8 Å². The molecule has 1 amide bonds. The number of aromatic nitrogens is 4. The Bertz CT molecular complexity index is 887. The number of amides is 1. The van der Waals surface area contributed by atoms with Gasteiger partial charge in [0.1, 0.15) is 0 Å². The third-order valence-electron chi connectivity index (χ3n) is 4.38. The summed E-state index contributed by atoms with van der Waals surface area (Å²) in [4.78, 5) is 31.5. The normalized spacial score (nSPS) is 16.5. The minimum absolute atomic E-state index is 0.0678. The van der Waals surface area contributed by atoms with Crippen LogP contribution in [0.15, 0.2) is 61.1 Å². The molecule has 7 nitrogen and oxygen atoms in total. The molecule has 1 atom stereocenters. The zero-order chi connectivity index (χ0) is 17.8. The van der Waals surface area contributed by atoms with Gasteiger partial charge in [0.2, 0.25) is 11.9 Å². The molecule has 1 aliphatic heterocycles. The van der Waals surface area contributed by atoms with Crippen molar-refractivity contribution in [1.29, 1.82) is 0 Å². The van der Waals surface area contributed by atoms with Gasteiger partial charge in [0.25, 0.3) is 5.91 Å². The Balaban J connectivity index is 1.45. The van der Waals surface area contributed by atoms with Crippen molar-refractivity contribution in [2.24, 2.45) is 0 Å². The van der Waals surface area contributed by atoms with Crippen molar-refractivity contribution in [2.45, 2.75) is 12.3 Å². The highest BCUT2D eigenvalue weighted by atomic mass is 16.2. The van der Waals surface area contributed by atoms with Gasteiger partial charge in [-0.2, -0.15) is 0 Å². The number of likely N-dealkylation sites (tertiary alicyclic amines) is 1. The van der Waals surface area contributed by atoms with Crippen LogP contribution < -0.4 is 5.32 Å². The highest BCUT2D eigenvalue weighted by molar-refractivity contribution is 5.94. The van der Waals surface area contributed by atoms with E-state index in [1.165, 1.54) is 0 Å². The Labute approximate surface area is 151 Å². The highest BCUT2D eigenvalue weighted by Crippen LogP contribution is 2.27. The molecule has 3 heterocycles. The number of rotatable bonds is 4. The van der Waals surface area contributed by atoms with Gasteiger partial charge in [0, 0.05) is 43.2 Å². The summed E-state index contributed by atoms with van der Waals surface area (Å²) in [5, 5.41) is 3.00. The number of hydrogen-bond donors (Lipinski definition) is 1. The lowest BCUT2D eigenvalue weighted by atomic mass is 10.1.